The molecule has 1 aromatic carbocycles. The molecule has 3 N–H and O–H groups in total. The summed E-state index contributed by atoms with van der Waals surface area (Å²) in [5, 5.41) is 7.28. The van der Waals surface area contributed by atoms with E-state index in [1.54, 1.807) is 0 Å². The predicted octanol–water partition coefficient (Wildman–Crippen LogP) is 3.00. The van der Waals surface area contributed by atoms with Crippen LogP contribution in [-0.2, 0) is 13.1 Å². The first-order chi connectivity index (χ1) is 8.38. The van der Waals surface area contributed by atoms with E-state index in [-0.39, 0.29) is 0 Å². The van der Waals surface area contributed by atoms with Gasteiger partial charge in [-0.15, -0.1) is 11.3 Å². The SMILES string of the molecule is NCc1cccc2c(CNC3CCC3)csc12. The molecule has 0 aliphatic heterocycles. The summed E-state index contributed by atoms with van der Waals surface area (Å²) in [5.74, 6) is 0. The van der Waals surface area contributed by atoms with Gasteiger partial charge >= 0.3 is 0 Å². The Morgan fingerprint density at radius 2 is 2.18 bits per heavy atom. The van der Waals surface area contributed by atoms with Crippen molar-refractivity contribution in [2.24, 2.45) is 5.73 Å². The van der Waals surface area contributed by atoms with Gasteiger partial charge in [0.2, 0.25) is 0 Å². The molecule has 90 valence electrons. The number of benzene rings is 1. The van der Waals surface area contributed by atoms with Crippen LogP contribution in [0.2, 0.25) is 0 Å². The van der Waals surface area contributed by atoms with Gasteiger partial charge in [-0.3, -0.25) is 0 Å². The fraction of sp³-hybridized carbons (Fsp3) is 0.429. The molecule has 1 aliphatic rings. The van der Waals surface area contributed by atoms with E-state index in [1.807, 2.05) is 11.3 Å². The molecule has 17 heavy (non-hydrogen) atoms. The van der Waals surface area contributed by atoms with E-state index in [0.717, 1.165) is 12.6 Å². The van der Waals surface area contributed by atoms with E-state index in [1.165, 1.54) is 40.5 Å². The third-order valence-electron chi connectivity index (χ3n) is 3.67. The van der Waals surface area contributed by atoms with Gasteiger partial charge < -0.3 is 11.1 Å². The summed E-state index contributed by atoms with van der Waals surface area (Å²) in [6.07, 6.45) is 4.08. The zero-order chi connectivity index (χ0) is 11.7. The second-order valence-corrected chi connectivity index (χ2v) is 5.65. The molecule has 2 aromatic rings. The Morgan fingerprint density at radius 3 is 2.88 bits per heavy atom. The van der Waals surface area contributed by atoms with Crippen LogP contribution in [0.15, 0.2) is 23.6 Å². The summed E-state index contributed by atoms with van der Waals surface area (Å²) < 4.78 is 1.36. The van der Waals surface area contributed by atoms with E-state index < -0.39 is 0 Å². The largest absolute Gasteiger partial charge is 0.326 e. The maximum atomic E-state index is 5.77. The van der Waals surface area contributed by atoms with E-state index in [4.69, 9.17) is 5.73 Å². The minimum Gasteiger partial charge on any atom is -0.326 e. The van der Waals surface area contributed by atoms with Crippen LogP contribution in [0.5, 0.6) is 0 Å². The highest BCUT2D eigenvalue weighted by atomic mass is 32.1. The zero-order valence-electron chi connectivity index (χ0n) is 9.91. The number of nitrogens with one attached hydrogen (secondary N) is 1. The van der Waals surface area contributed by atoms with Gasteiger partial charge in [0, 0.05) is 23.8 Å². The lowest BCUT2D eigenvalue weighted by atomic mass is 9.93. The van der Waals surface area contributed by atoms with Crippen LogP contribution in [0.1, 0.15) is 30.4 Å². The van der Waals surface area contributed by atoms with Crippen LogP contribution >= 0.6 is 11.3 Å². The highest BCUT2D eigenvalue weighted by Gasteiger charge is 2.17. The van der Waals surface area contributed by atoms with Crippen molar-refractivity contribution in [3.05, 3.63) is 34.7 Å². The van der Waals surface area contributed by atoms with Gasteiger partial charge in [0.15, 0.2) is 0 Å². The van der Waals surface area contributed by atoms with Crippen molar-refractivity contribution in [1.29, 1.82) is 0 Å². The topological polar surface area (TPSA) is 38.0 Å². The smallest absolute Gasteiger partial charge is 0.0390 e. The van der Waals surface area contributed by atoms with Gasteiger partial charge in [-0.2, -0.15) is 0 Å². The van der Waals surface area contributed by atoms with E-state index in [0.29, 0.717) is 6.54 Å². The van der Waals surface area contributed by atoms with E-state index in [9.17, 15) is 0 Å². The molecule has 1 fully saturated rings. The fourth-order valence-electron chi connectivity index (χ4n) is 2.33. The van der Waals surface area contributed by atoms with Crippen molar-refractivity contribution >= 4 is 21.4 Å². The van der Waals surface area contributed by atoms with Crippen molar-refractivity contribution in [1.82, 2.24) is 5.32 Å². The van der Waals surface area contributed by atoms with Crippen molar-refractivity contribution in [2.75, 3.05) is 0 Å². The molecule has 2 nitrogen and oxygen atoms in total. The number of hydrogen-bond donors (Lipinski definition) is 2. The number of hydrogen-bond acceptors (Lipinski definition) is 3. The molecule has 3 rings (SSSR count). The molecule has 0 bridgehead atoms. The Hall–Kier alpha value is -0.900. The number of fused-ring (bicyclic) bond motifs is 1. The normalized spacial score (nSPS) is 16.3. The van der Waals surface area contributed by atoms with Gasteiger partial charge in [0.05, 0.1) is 0 Å². The standard InChI is InChI=1S/C14H18N2S/c15-7-10-3-1-6-13-11(9-17-14(10)13)8-16-12-4-2-5-12/h1,3,6,9,12,16H,2,4-5,7-8,15H2. The molecular formula is C14H18N2S. The first-order valence-corrected chi connectivity index (χ1v) is 7.18. The molecule has 0 radical (unpaired) electrons. The van der Waals surface area contributed by atoms with Crippen LogP contribution in [-0.4, -0.2) is 6.04 Å². The minimum absolute atomic E-state index is 0.632. The second-order valence-electron chi connectivity index (χ2n) is 4.77. The summed E-state index contributed by atoms with van der Waals surface area (Å²) in [4.78, 5) is 0. The summed E-state index contributed by atoms with van der Waals surface area (Å²) in [7, 11) is 0. The Morgan fingerprint density at radius 1 is 1.29 bits per heavy atom. The maximum absolute atomic E-state index is 5.77. The average Bonchev–Trinajstić information content (AvgIpc) is 2.70. The Bertz CT molecular complexity index is 514. The molecule has 3 heteroatoms. The molecule has 1 aliphatic carbocycles. The third-order valence-corrected chi connectivity index (χ3v) is 4.79. The highest BCUT2D eigenvalue weighted by Crippen LogP contribution is 2.29. The average molecular weight is 246 g/mol. The first kappa shape index (κ1) is 11.2. The van der Waals surface area contributed by atoms with Crippen molar-refractivity contribution < 1.29 is 0 Å². The Balaban J connectivity index is 1.84. The van der Waals surface area contributed by atoms with Crippen molar-refractivity contribution in [3.63, 3.8) is 0 Å². The van der Waals surface area contributed by atoms with E-state index >= 15 is 0 Å². The fourth-order valence-corrected chi connectivity index (χ4v) is 3.43. The van der Waals surface area contributed by atoms with Crippen LogP contribution in [0.25, 0.3) is 10.1 Å². The lowest BCUT2D eigenvalue weighted by molar-refractivity contribution is 0.339. The summed E-state index contributed by atoms with van der Waals surface area (Å²) >= 11 is 1.82. The summed E-state index contributed by atoms with van der Waals surface area (Å²) in [6, 6.07) is 7.21. The van der Waals surface area contributed by atoms with Gasteiger partial charge in [-0.25, -0.2) is 0 Å². The molecule has 1 saturated carbocycles. The molecule has 0 atom stereocenters. The Labute approximate surface area is 106 Å². The molecule has 0 saturated heterocycles. The molecule has 0 amide bonds. The van der Waals surface area contributed by atoms with Gasteiger partial charge in [-0.1, -0.05) is 24.6 Å². The van der Waals surface area contributed by atoms with Crippen LogP contribution in [0.4, 0.5) is 0 Å². The summed E-state index contributed by atoms with van der Waals surface area (Å²) in [5.41, 5.74) is 8.46. The molecular weight excluding hydrogens is 228 g/mol. The molecule has 1 heterocycles. The molecule has 0 spiro atoms. The van der Waals surface area contributed by atoms with Gasteiger partial charge in [0.1, 0.15) is 0 Å². The second kappa shape index (κ2) is 4.77. The lowest BCUT2D eigenvalue weighted by Gasteiger charge is -2.26. The maximum Gasteiger partial charge on any atom is 0.0390 e. The highest BCUT2D eigenvalue weighted by molar-refractivity contribution is 7.17. The van der Waals surface area contributed by atoms with E-state index in [2.05, 4.69) is 28.9 Å². The quantitative estimate of drug-likeness (QED) is 0.870. The number of nitrogens with two attached hydrogens (primary N) is 1. The predicted molar refractivity (Wildman–Crippen MR) is 74.2 cm³/mol. The first-order valence-electron chi connectivity index (χ1n) is 6.30. The van der Waals surface area contributed by atoms with Crippen molar-refractivity contribution in [3.8, 4) is 0 Å². The van der Waals surface area contributed by atoms with Gasteiger partial charge in [-0.05, 0) is 34.7 Å². The van der Waals surface area contributed by atoms with Crippen LogP contribution in [0.3, 0.4) is 0 Å². The zero-order valence-corrected chi connectivity index (χ0v) is 10.7. The van der Waals surface area contributed by atoms with Crippen molar-refractivity contribution in [2.45, 2.75) is 38.4 Å². The molecule has 0 unspecified atom stereocenters. The number of thiophene rings is 1. The van der Waals surface area contributed by atoms with Crippen LogP contribution < -0.4 is 11.1 Å². The van der Waals surface area contributed by atoms with Crippen LogP contribution in [0, 0.1) is 0 Å². The van der Waals surface area contributed by atoms with Gasteiger partial charge in [0.25, 0.3) is 0 Å². The Kier molecular flexibility index (Phi) is 3.14. The minimum atomic E-state index is 0.632. The lowest BCUT2D eigenvalue weighted by Crippen LogP contribution is -2.34. The number of rotatable bonds is 4. The monoisotopic (exact) mass is 246 g/mol. The summed E-state index contributed by atoms with van der Waals surface area (Å²) in [6.45, 7) is 1.63. The third kappa shape index (κ3) is 2.10. The molecule has 1 aromatic heterocycles.